The van der Waals surface area contributed by atoms with Crippen LogP contribution < -0.4 is 5.73 Å². The van der Waals surface area contributed by atoms with Gasteiger partial charge < -0.3 is 31.1 Å². The summed E-state index contributed by atoms with van der Waals surface area (Å²) in [6.07, 6.45) is -1.04. The Morgan fingerprint density at radius 3 is 2.50 bits per heavy atom. The van der Waals surface area contributed by atoms with E-state index in [0.29, 0.717) is 12.0 Å². The van der Waals surface area contributed by atoms with Crippen molar-refractivity contribution in [2.45, 2.75) is 30.6 Å². The number of fused-ring (bicyclic) bond motifs is 3. The van der Waals surface area contributed by atoms with Gasteiger partial charge in [-0.25, -0.2) is 0 Å². The third kappa shape index (κ3) is 2.49. The Kier molecular flexibility index (Phi) is 4.53. The van der Waals surface area contributed by atoms with Crippen molar-refractivity contribution >= 4 is 17.5 Å². The number of aromatic hydroxyl groups is 1. The highest BCUT2D eigenvalue weighted by molar-refractivity contribution is 6.15. The van der Waals surface area contributed by atoms with E-state index in [9.17, 15) is 34.8 Å². The smallest absolute Gasteiger partial charge is 0.230 e. The third-order valence-corrected chi connectivity index (χ3v) is 6.83. The van der Waals surface area contributed by atoms with Crippen LogP contribution in [0.4, 0.5) is 0 Å². The van der Waals surface area contributed by atoms with Crippen molar-refractivity contribution in [1.29, 1.82) is 0 Å². The lowest BCUT2D eigenvalue weighted by Gasteiger charge is -2.53. The number of Topliss-reactive ketones (excluding diaryl/α,β-unsaturated/α-hetero) is 2. The van der Waals surface area contributed by atoms with Gasteiger partial charge in [-0.2, -0.15) is 0 Å². The molecule has 160 valence electrons. The molecule has 6 N–H and O–H groups in total. The number of amides is 1. The van der Waals surface area contributed by atoms with Crippen LogP contribution in [-0.4, -0.2) is 74.6 Å². The van der Waals surface area contributed by atoms with E-state index >= 15 is 0 Å². The van der Waals surface area contributed by atoms with Crippen LogP contribution in [0.3, 0.4) is 0 Å². The molecule has 4 rings (SSSR count). The predicted octanol–water partition coefficient (Wildman–Crippen LogP) is -0.714. The molecule has 0 spiro atoms. The quantitative estimate of drug-likeness (QED) is 0.395. The lowest BCUT2D eigenvalue weighted by Crippen LogP contribution is -2.71. The summed E-state index contributed by atoms with van der Waals surface area (Å²) in [4.78, 5) is 39.8. The number of phenols is 1. The maximum absolute atomic E-state index is 13.1. The van der Waals surface area contributed by atoms with Gasteiger partial charge in [-0.05, 0) is 44.5 Å². The molecule has 1 amide bonds. The highest BCUT2D eigenvalue weighted by atomic mass is 16.3. The molecule has 30 heavy (non-hydrogen) atoms. The molecular weight excluding hydrogens is 392 g/mol. The fourth-order valence-corrected chi connectivity index (χ4v) is 5.54. The van der Waals surface area contributed by atoms with E-state index in [2.05, 4.69) is 0 Å². The van der Waals surface area contributed by atoms with Crippen molar-refractivity contribution in [3.63, 3.8) is 0 Å². The first-order valence-electron chi connectivity index (χ1n) is 9.71. The monoisotopic (exact) mass is 416 g/mol. The van der Waals surface area contributed by atoms with Crippen molar-refractivity contribution < 1.29 is 34.8 Å². The van der Waals surface area contributed by atoms with Crippen LogP contribution in [0.25, 0.3) is 0 Å². The zero-order valence-corrected chi connectivity index (χ0v) is 16.6. The number of hydrogen-bond donors (Lipinski definition) is 5. The van der Waals surface area contributed by atoms with Crippen molar-refractivity contribution in [1.82, 2.24) is 4.90 Å². The van der Waals surface area contributed by atoms with Crippen molar-refractivity contribution in [2.75, 3.05) is 14.1 Å². The summed E-state index contributed by atoms with van der Waals surface area (Å²) in [5, 5.41) is 43.4. The zero-order valence-electron chi connectivity index (χ0n) is 16.6. The van der Waals surface area contributed by atoms with Crippen LogP contribution in [-0.2, 0) is 16.0 Å². The molecule has 9 heteroatoms. The summed E-state index contributed by atoms with van der Waals surface area (Å²) >= 11 is 0. The maximum Gasteiger partial charge on any atom is 0.230 e. The molecule has 0 bridgehead atoms. The first-order valence-corrected chi connectivity index (χ1v) is 9.71. The van der Waals surface area contributed by atoms with Crippen LogP contribution in [0, 0.1) is 17.8 Å². The van der Waals surface area contributed by atoms with Gasteiger partial charge in [-0.1, -0.05) is 12.1 Å². The molecule has 1 saturated carbocycles. The highest BCUT2D eigenvalue weighted by Crippen LogP contribution is 2.52. The molecule has 1 fully saturated rings. The van der Waals surface area contributed by atoms with Crippen molar-refractivity contribution in [3.05, 3.63) is 40.7 Å². The molecule has 9 nitrogen and oxygen atoms in total. The van der Waals surface area contributed by atoms with Crippen LogP contribution in [0.5, 0.6) is 5.75 Å². The number of primary amides is 1. The summed E-state index contributed by atoms with van der Waals surface area (Å²) in [6, 6.07) is 3.80. The van der Waals surface area contributed by atoms with Crippen LogP contribution in [0.2, 0.25) is 0 Å². The fourth-order valence-electron chi connectivity index (χ4n) is 5.54. The zero-order chi connectivity index (χ0) is 22.1. The summed E-state index contributed by atoms with van der Waals surface area (Å²) in [7, 11) is 3.25. The molecule has 3 aliphatic carbocycles. The molecule has 1 aromatic carbocycles. The van der Waals surface area contributed by atoms with Crippen LogP contribution in [0.1, 0.15) is 22.3 Å². The first-order chi connectivity index (χ1) is 14.0. The average Bonchev–Trinajstić information content (AvgIpc) is 2.64. The number of nitrogens with zero attached hydrogens (tertiary/aromatic N) is 1. The number of aliphatic hydroxyl groups is 3. The Morgan fingerprint density at radius 1 is 1.23 bits per heavy atom. The van der Waals surface area contributed by atoms with E-state index in [0.717, 1.165) is 0 Å². The Labute approximate surface area is 172 Å². The fraction of sp³-hybridized carbons (Fsp3) is 0.476. The molecule has 5 unspecified atom stereocenters. The number of hydrogen-bond acceptors (Lipinski definition) is 8. The molecule has 0 aromatic heterocycles. The van der Waals surface area contributed by atoms with Gasteiger partial charge in [0.25, 0.3) is 0 Å². The van der Waals surface area contributed by atoms with Gasteiger partial charge in [0.05, 0.1) is 11.7 Å². The number of aliphatic hydroxyl groups excluding tert-OH is 2. The topological polar surface area (TPSA) is 161 Å². The second-order valence-corrected chi connectivity index (χ2v) is 8.60. The molecule has 6 atom stereocenters. The van der Waals surface area contributed by atoms with Gasteiger partial charge >= 0.3 is 0 Å². The number of rotatable bonds is 2. The Bertz CT molecular complexity index is 1000. The largest absolute Gasteiger partial charge is 0.508 e. The second-order valence-electron chi connectivity index (χ2n) is 8.60. The summed E-state index contributed by atoms with van der Waals surface area (Å²) in [6.45, 7) is 0. The standard InChI is InChI=1S/C21H24N2O7/c1-23(2)15-10-7-9-6-8-4-3-5-11(24)12(8)16(25)13(9)18(27)21(10,30)19(28)14(17(15)26)20(22)29/h3-5,9-10,14-15,17,24,26-27,30H,6-7H2,1-2H3,(H2,22,29)/t9?,10?,14?,15?,17?,21-/m0/s1. The van der Waals surface area contributed by atoms with Crippen LogP contribution >= 0.6 is 0 Å². The molecule has 0 saturated heterocycles. The normalized spacial score (nSPS) is 35.7. The molecule has 0 radical (unpaired) electrons. The van der Waals surface area contributed by atoms with Crippen molar-refractivity contribution in [3.8, 4) is 5.75 Å². The lowest BCUT2D eigenvalue weighted by molar-refractivity contribution is -0.178. The maximum atomic E-state index is 13.1. The molecule has 3 aliphatic rings. The number of likely N-dealkylation sites (N-methyl/N-ethyl adjacent to an activating group) is 1. The Balaban J connectivity index is 1.93. The number of ketones is 2. The number of allylic oxidation sites excluding steroid dienone is 1. The minimum atomic E-state index is -2.54. The second kappa shape index (κ2) is 6.63. The number of nitrogens with two attached hydrogens (primary N) is 1. The third-order valence-electron chi connectivity index (χ3n) is 6.83. The predicted molar refractivity (Wildman–Crippen MR) is 104 cm³/mol. The minimum Gasteiger partial charge on any atom is -0.508 e. The number of benzene rings is 1. The summed E-state index contributed by atoms with van der Waals surface area (Å²) in [5.74, 6) is -7.21. The van der Waals surface area contributed by atoms with Gasteiger partial charge in [0, 0.05) is 17.5 Å². The van der Waals surface area contributed by atoms with Crippen molar-refractivity contribution in [2.24, 2.45) is 23.5 Å². The van der Waals surface area contributed by atoms with Gasteiger partial charge in [0.15, 0.2) is 17.2 Å². The Hall–Kier alpha value is -2.75. The van der Waals surface area contributed by atoms with E-state index in [1.807, 2.05) is 0 Å². The van der Waals surface area contributed by atoms with E-state index in [-0.39, 0.29) is 23.3 Å². The highest BCUT2D eigenvalue weighted by Gasteiger charge is 2.66. The van der Waals surface area contributed by atoms with Crippen LogP contribution in [0.15, 0.2) is 29.5 Å². The SMILES string of the molecule is CN(C)C1C(O)C(C(N)=O)C(=O)[C@@]2(O)C(O)=C3C(=O)c4c(O)cccc4CC3CC12. The molecule has 1 aromatic rings. The summed E-state index contributed by atoms with van der Waals surface area (Å²) < 4.78 is 0. The van der Waals surface area contributed by atoms with E-state index in [1.54, 1.807) is 31.1 Å². The number of carbonyl (C=O) groups is 3. The van der Waals surface area contributed by atoms with Gasteiger partial charge in [0.1, 0.15) is 17.4 Å². The average molecular weight is 416 g/mol. The minimum absolute atomic E-state index is 0.0243. The van der Waals surface area contributed by atoms with Gasteiger partial charge in [-0.3, -0.25) is 14.4 Å². The lowest BCUT2D eigenvalue weighted by atomic mass is 9.56. The molecule has 0 aliphatic heterocycles. The molecular formula is C21H24N2O7. The van der Waals surface area contributed by atoms with E-state index in [4.69, 9.17) is 5.73 Å². The van der Waals surface area contributed by atoms with Gasteiger partial charge in [0.2, 0.25) is 5.91 Å². The number of phenolic OH excluding ortho intramolecular Hbond substituents is 1. The number of carbonyl (C=O) groups excluding carboxylic acids is 3. The first kappa shape index (κ1) is 20.5. The summed E-state index contributed by atoms with van der Waals surface area (Å²) in [5.41, 5.74) is 3.27. The van der Waals surface area contributed by atoms with E-state index < -0.39 is 58.7 Å². The van der Waals surface area contributed by atoms with E-state index in [1.165, 1.54) is 6.07 Å². The molecule has 0 heterocycles. The van der Waals surface area contributed by atoms with Gasteiger partial charge in [-0.15, -0.1) is 0 Å². The Morgan fingerprint density at radius 2 is 1.90 bits per heavy atom.